The van der Waals surface area contributed by atoms with Gasteiger partial charge in [0, 0.05) is 13.1 Å². The summed E-state index contributed by atoms with van der Waals surface area (Å²) < 4.78 is 27.2. The molecule has 24 heavy (non-hydrogen) atoms. The number of rotatable bonds is 4. The first-order valence-electron chi connectivity index (χ1n) is 8.10. The molecule has 0 radical (unpaired) electrons. The number of aromatic nitrogens is 2. The van der Waals surface area contributed by atoms with E-state index in [1.54, 1.807) is 24.3 Å². The first kappa shape index (κ1) is 16.7. The number of nitrogens with one attached hydrogen (secondary N) is 1. The minimum atomic E-state index is -3.62. The van der Waals surface area contributed by atoms with Gasteiger partial charge in [0.25, 0.3) is 10.0 Å². The molecule has 1 N–H and O–H groups in total. The molecule has 1 aromatic carbocycles. The predicted molar refractivity (Wildman–Crippen MR) is 94.6 cm³/mol. The summed E-state index contributed by atoms with van der Waals surface area (Å²) in [6.07, 6.45) is 5.30. The normalized spacial score (nSPS) is 16.2. The number of piperidine rings is 1. The SMILES string of the molecule is Cc1ccc(S(=O)(=O)Nc2cnc(N3CCC(C)CC3)nc2)cc1. The highest BCUT2D eigenvalue weighted by molar-refractivity contribution is 7.92. The van der Waals surface area contributed by atoms with Gasteiger partial charge in [0.15, 0.2) is 0 Å². The molecule has 1 aromatic heterocycles. The monoisotopic (exact) mass is 346 g/mol. The van der Waals surface area contributed by atoms with E-state index in [9.17, 15) is 8.42 Å². The molecule has 7 heteroatoms. The van der Waals surface area contributed by atoms with E-state index in [0.717, 1.165) is 37.4 Å². The van der Waals surface area contributed by atoms with E-state index in [1.807, 2.05) is 6.92 Å². The average molecular weight is 346 g/mol. The summed E-state index contributed by atoms with van der Waals surface area (Å²) in [5.74, 6) is 1.39. The maximum atomic E-state index is 12.4. The van der Waals surface area contributed by atoms with Gasteiger partial charge < -0.3 is 4.90 Å². The molecule has 0 unspecified atom stereocenters. The van der Waals surface area contributed by atoms with Gasteiger partial charge in [-0.1, -0.05) is 24.6 Å². The lowest BCUT2D eigenvalue weighted by atomic mass is 10.00. The van der Waals surface area contributed by atoms with Crippen molar-refractivity contribution >= 4 is 21.7 Å². The predicted octanol–water partition coefficient (Wildman–Crippen LogP) is 2.82. The Morgan fingerprint density at radius 3 is 2.25 bits per heavy atom. The number of aryl methyl sites for hydroxylation is 1. The van der Waals surface area contributed by atoms with Gasteiger partial charge in [-0.15, -0.1) is 0 Å². The van der Waals surface area contributed by atoms with Crippen LogP contribution in [-0.2, 0) is 10.0 Å². The number of sulfonamides is 1. The van der Waals surface area contributed by atoms with Crippen molar-refractivity contribution in [1.29, 1.82) is 0 Å². The van der Waals surface area contributed by atoms with Gasteiger partial charge in [-0.25, -0.2) is 18.4 Å². The number of anilines is 2. The Kier molecular flexibility index (Phi) is 4.71. The molecule has 0 atom stereocenters. The zero-order valence-electron chi connectivity index (χ0n) is 13.9. The molecule has 0 saturated carbocycles. The van der Waals surface area contributed by atoms with Gasteiger partial charge in [0.2, 0.25) is 5.95 Å². The molecular formula is C17H22N4O2S. The minimum absolute atomic E-state index is 0.224. The second-order valence-corrected chi connectivity index (χ2v) is 8.04. The van der Waals surface area contributed by atoms with Gasteiger partial charge in [0.05, 0.1) is 23.0 Å². The van der Waals surface area contributed by atoms with E-state index < -0.39 is 10.0 Å². The zero-order chi connectivity index (χ0) is 17.2. The highest BCUT2D eigenvalue weighted by atomic mass is 32.2. The van der Waals surface area contributed by atoms with Crippen molar-refractivity contribution in [3.05, 3.63) is 42.2 Å². The summed E-state index contributed by atoms with van der Waals surface area (Å²) >= 11 is 0. The van der Waals surface area contributed by atoms with Crippen molar-refractivity contribution in [1.82, 2.24) is 9.97 Å². The Hall–Kier alpha value is -2.15. The first-order chi connectivity index (χ1) is 11.4. The standard InChI is InChI=1S/C17H22N4O2S/c1-13-3-5-16(6-4-13)24(22,23)20-15-11-18-17(19-12-15)21-9-7-14(2)8-10-21/h3-6,11-12,14,20H,7-10H2,1-2H3. The highest BCUT2D eigenvalue weighted by Crippen LogP contribution is 2.21. The molecule has 1 aliphatic rings. The van der Waals surface area contributed by atoms with Crippen molar-refractivity contribution < 1.29 is 8.42 Å². The Morgan fingerprint density at radius 1 is 1.08 bits per heavy atom. The van der Waals surface area contributed by atoms with Gasteiger partial charge >= 0.3 is 0 Å². The van der Waals surface area contributed by atoms with E-state index in [2.05, 4.69) is 26.5 Å². The topological polar surface area (TPSA) is 75.2 Å². The molecule has 2 aromatic rings. The van der Waals surface area contributed by atoms with E-state index in [-0.39, 0.29) is 4.90 Å². The summed E-state index contributed by atoms with van der Waals surface area (Å²) in [5.41, 5.74) is 1.38. The molecule has 2 heterocycles. The molecule has 0 spiro atoms. The van der Waals surface area contributed by atoms with Crippen molar-refractivity contribution in [3.63, 3.8) is 0 Å². The molecule has 3 rings (SSSR count). The van der Waals surface area contributed by atoms with Crippen LogP contribution in [0, 0.1) is 12.8 Å². The van der Waals surface area contributed by atoms with Crippen LogP contribution in [0.15, 0.2) is 41.6 Å². The van der Waals surface area contributed by atoms with Gasteiger partial charge in [0.1, 0.15) is 0 Å². The molecule has 1 saturated heterocycles. The van der Waals surface area contributed by atoms with Crippen LogP contribution in [0.4, 0.5) is 11.6 Å². The van der Waals surface area contributed by atoms with Crippen LogP contribution in [0.5, 0.6) is 0 Å². The Bertz CT molecular complexity index is 780. The van der Waals surface area contributed by atoms with E-state index in [1.165, 1.54) is 12.4 Å². The van der Waals surface area contributed by atoms with E-state index >= 15 is 0 Å². The second-order valence-electron chi connectivity index (χ2n) is 6.36. The lowest BCUT2D eigenvalue weighted by Crippen LogP contribution is -2.34. The summed E-state index contributed by atoms with van der Waals surface area (Å²) in [6.45, 7) is 6.05. The van der Waals surface area contributed by atoms with Crippen molar-refractivity contribution in [3.8, 4) is 0 Å². The maximum Gasteiger partial charge on any atom is 0.261 e. The van der Waals surface area contributed by atoms with E-state index in [0.29, 0.717) is 11.6 Å². The fourth-order valence-corrected chi connectivity index (χ4v) is 3.71. The average Bonchev–Trinajstić information content (AvgIpc) is 2.56. The summed E-state index contributed by atoms with van der Waals surface area (Å²) in [7, 11) is -3.62. The van der Waals surface area contributed by atoms with Crippen LogP contribution < -0.4 is 9.62 Å². The third kappa shape index (κ3) is 3.84. The van der Waals surface area contributed by atoms with Crippen molar-refractivity contribution in [2.45, 2.75) is 31.6 Å². The third-order valence-electron chi connectivity index (χ3n) is 4.29. The fourth-order valence-electron chi connectivity index (χ4n) is 2.68. The summed E-state index contributed by atoms with van der Waals surface area (Å²) in [5, 5.41) is 0. The van der Waals surface area contributed by atoms with Crippen LogP contribution in [0.25, 0.3) is 0 Å². The number of nitrogens with zero attached hydrogens (tertiary/aromatic N) is 3. The lowest BCUT2D eigenvalue weighted by Gasteiger charge is -2.30. The highest BCUT2D eigenvalue weighted by Gasteiger charge is 2.18. The first-order valence-corrected chi connectivity index (χ1v) is 9.59. The molecule has 0 aliphatic carbocycles. The van der Waals surface area contributed by atoms with Gasteiger partial charge in [-0.2, -0.15) is 0 Å². The van der Waals surface area contributed by atoms with Gasteiger partial charge in [-0.05, 0) is 37.8 Å². The van der Waals surface area contributed by atoms with E-state index in [4.69, 9.17) is 0 Å². The minimum Gasteiger partial charge on any atom is -0.341 e. The smallest absolute Gasteiger partial charge is 0.261 e. The van der Waals surface area contributed by atoms with Gasteiger partial charge in [-0.3, -0.25) is 4.72 Å². The largest absolute Gasteiger partial charge is 0.341 e. The zero-order valence-corrected chi connectivity index (χ0v) is 14.8. The molecule has 6 nitrogen and oxygen atoms in total. The quantitative estimate of drug-likeness (QED) is 0.921. The molecule has 128 valence electrons. The second kappa shape index (κ2) is 6.76. The maximum absolute atomic E-state index is 12.4. The Morgan fingerprint density at radius 2 is 1.67 bits per heavy atom. The number of benzene rings is 1. The lowest BCUT2D eigenvalue weighted by molar-refractivity contribution is 0.434. The molecular weight excluding hydrogens is 324 g/mol. The van der Waals surface area contributed by atoms with Crippen LogP contribution in [-0.4, -0.2) is 31.5 Å². The number of hydrogen-bond acceptors (Lipinski definition) is 5. The van der Waals surface area contributed by atoms with Crippen LogP contribution in [0.2, 0.25) is 0 Å². The molecule has 1 fully saturated rings. The van der Waals surface area contributed by atoms with Crippen LogP contribution >= 0.6 is 0 Å². The summed E-state index contributed by atoms with van der Waals surface area (Å²) in [4.78, 5) is 11.0. The molecule has 0 amide bonds. The van der Waals surface area contributed by atoms with Crippen LogP contribution in [0.3, 0.4) is 0 Å². The number of hydrogen-bond donors (Lipinski definition) is 1. The summed E-state index contributed by atoms with van der Waals surface area (Å²) in [6, 6.07) is 6.71. The Balaban J connectivity index is 1.70. The van der Waals surface area contributed by atoms with Crippen molar-refractivity contribution in [2.75, 3.05) is 22.7 Å². The van der Waals surface area contributed by atoms with Crippen molar-refractivity contribution in [2.24, 2.45) is 5.92 Å². The molecule has 1 aliphatic heterocycles. The van der Waals surface area contributed by atoms with Crippen LogP contribution in [0.1, 0.15) is 25.3 Å². The Labute approximate surface area is 143 Å². The third-order valence-corrected chi connectivity index (χ3v) is 5.69. The fraction of sp³-hybridized carbons (Fsp3) is 0.412. The molecule has 0 bridgehead atoms.